The molecule has 0 aliphatic heterocycles. The normalized spacial score (nSPS) is 10.5. The van der Waals surface area contributed by atoms with E-state index in [1.165, 1.54) is 4.80 Å². The molecule has 2 aromatic heterocycles. The molecule has 62 valence electrons. The van der Waals surface area contributed by atoms with Gasteiger partial charge in [-0.25, -0.2) is 0 Å². The van der Waals surface area contributed by atoms with Gasteiger partial charge in [0.15, 0.2) is 5.76 Å². The second-order valence-electron chi connectivity index (χ2n) is 2.23. The van der Waals surface area contributed by atoms with Gasteiger partial charge in [0.25, 0.3) is 0 Å². The van der Waals surface area contributed by atoms with Crippen molar-refractivity contribution in [2.45, 2.75) is 0 Å². The topological polar surface area (TPSA) is 56.7 Å². The third kappa shape index (κ3) is 1.25. The molecular formula is C6H5BrN4O. The van der Waals surface area contributed by atoms with Gasteiger partial charge >= 0.3 is 0 Å². The van der Waals surface area contributed by atoms with E-state index < -0.39 is 0 Å². The number of halogens is 1. The van der Waals surface area contributed by atoms with Gasteiger partial charge in [-0.15, -0.1) is 10.2 Å². The molecule has 0 saturated heterocycles. The third-order valence-electron chi connectivity index (χ3n) is 1.30. The van der Waals surface area contributed by atoms with E-state index >= 15 is 0 Å². The Kier molecular flexibility index (Phi) is 1.69. The van der Waals surface area contributed by atoms with E-state index in [-0.39, 0.29) is 0 Å². The van der Waals surface area contributed by atoms with Gasteiger partial charge < -0.3 is 4.42 Å². The lowest BCUT2D eigenvalue weighted by atomic mass is 10.4. The van der Waals surface area contributed by atoms with E-state index in [0.717, 1.165) is 4.47 Å². The predicted octanol–water partition coefficient (Wildman–Crippen LogP) is 1.23. The molecule has 0 radical (unpaired) electrons. The molecule has 6 heteroatoms. The molecule has 0 aromatic carbocycles. The van der Waals surface area contributed by atoms with Gasteiger partial charge in [-0.05, 0) is 21.1 Å². The average Bonchev–Trinajstić information content (AvgIpc) is 2.58. The van der Waals surface area contributed by atoms with Gasteiger partial charge in [-0.1, -0.05) is 0 Å². The van der Waals surface area contributed by atoms with Crippen LogP contribution in [0, 0.1) is 0 Å². The van der Waals surface area contributed by atoms with Crippen LogP contribution in [0.3, 0.4) is 0 Å². The lowest BCUT2D eigenvalue weighted by Crippen LogP contribution is -1.91. The molecule has 0 spiro atoms. The number of aryl methyl sites for hydroxylation is 1. The first-order valence-electron chi connectivity index (χ1n) is 3.24. The summed E-state index contributed by atoms with van der Waals surface area (Å²) in [6.07, 6.45) is 1.58. The first-order chi connectivity index (χ1) is 5.75. The first kappa shape index (κ1) is 7.48. The number of hydrogen-bond donors (Lipinski definition) is 0. The average molecular weight is 229 g/mol. The molecule has 0 aliphatic carbocycles. The van der Waals surface area contributed by atoms with Crippen molar-refractivity contribution in [2.24, 2.45) is 7.05 Å². The van der Waals surface area contributed by atoms with E-state index in [2.05, 4.69) is 31.3 Å². The zero-order valence-electron chi connectivity index (χ0n) is 6.23. The van der Waals surface area contributed by atoms with Gasteiger partial charge in [0.05, 0.1) is 11.5 Å². The van der Waals surface area contributed by atoms with Crippen LogP contribution in [0.4, 0.5) is 0 Å². The van der Waals surface area contributed by atoms with Crippen LogP contribution in [0.1, 0.15) is 0 Å². The summed E-state index contributed by atoms with van der Waals surface area (Å²) in [5, 5.41) is 11.4. The van der Waals surface area contributed by atoms with Crippen molar-refractivity contribution in [3.05, 3.63) is 16.8 Å². The van der Waals surface area contributed by atoms with E-state index in [1.54, 1.807) is 19.4 Å². The van der Waals surface area contributed by atoms with Crippen molar-refractivity contribution in [2.75, 3.05) is 0 Å². The van der Waals surface area contributed by atoms with Crippen molar-refractivity contribution >= 4 is 15.9 Å². The minimum absolute atomic E-state index is 0.489. The number of rotatable bonds is 1. The van der Waals surface area contributed by atoms with Gasteiger partial charge in [0.2, 0.25) is 5.82 Å². The molecular weight excluding hydrogens is 224 g/mol. The Balaban J connectivity index is 2.43. The van der Waals surface area contributed by atoms with Crippen molar-refractivity contribution in [1.29, 1.82) is 0 Å². The highest BCUT2D eigenvalue weighted by molar-refractivity contribution is 9.10. The van der Waals surface area contributed by atoms with Gasteiger partial charge in [0, 0.05) is 6.07 Å². The number of aromatic nitrogens is 4. The minimum Gasteiger partial charge on any atom is -0.460 e. The zero-order chi connectivity index (χ0) is 8.55. The van der Waals surface area contributed by atoms with E-state index in [9.17, 15) is 0 Å². The number of nitrogens with zero attached hydrogens (tertiary/aromatic N) is 4. The predicted molar refractivity (Wildman–Crippen MR) is 44.2 cm³/mol. The summed E-state index contributed by atoms with van der Waals surface area (Å²) < 4.78 is 6.00. The molecule has 0 bridgehead atoms. The summed E-state index contributed by atoms with van der Waals surface area (Å²) >= 11 is 3.26. The molecule has 0 aliphatic rings. The smallest absolute Gasteiger partial charge is 0.240 e. The van der Waals surface area contributed by atoms with Crippen molar-refractivity contribution in [1.82, 2.24) is 20.2 Å². The number of furan rings is 1. The van der Waals surface area contributed by atoms with Crippen LogP contribution in [-0.4, -0.2) is 20.2 Å². The molecule has 2 heterocycles. The highest BCUT2D eigenvalue weighted by Gasteiger charge is 2.07. The molecule has 0 atom stereocenters. The van der Waals surface area contributed by atoms with Crippen molar-refractivity contribution in [3.8, 4) is 11.6 Å². The van der Waals surface area contributed by atoms with Crippen LogP contribution in [0.15, 0.2) is 21.2 Å². The summed E-state index contributed by atoms with van der Waals surface area (Å²) in [4.78, 5) is 1.38. The Bertz CT molecular complexity index is 355. The molecule has 0 amide bonds. The number of tetrazole rings is 1. The molecule has 0 N–H and O–H groups in total. The quantitative estimate of drug-likeness (QED) is 0.737. The molecule has 0 unspecified atom stereocenters. The van der Waals surface area contributed by atoms with Crippen LogP contribution in [0.2, 0.25) is 0 Å². The van der Waals surface area contributed by atoms with E-state index in [0.29, 0.717) is 11.6 Å². The molecule has 5 nitrogen and oxygen atoms in total. The van der Waals surface area contributed by atoms with Gasteiger partial charge in [-0.3, -0.25) is 0 Å². The van der Waals surface area contributed by atoms with Gasteiger partial charge in [0.1, 0.15) is 6.26 Å². The molecule has 0 fully saturated rings. The second kappa shape index (κ2) is 2.71. The van der Waals surface area contributed by atoms with Crippen LogP contribution in [0.25, 0.3) is 11.6 Å². The summed E-state index contributed by atoms with van der Waals surface area (Å²) in [6, 6.07) is 1.79. The number of hydrogen-bond acceptors (Lipinski definition) is 4. The maximum absolute atomic E-state index is 5.14. The largest absolute Gasteiger partial charge is 0.460 e. The van der Waals surface area contributed by atoms with E-state index in [4.69, 9.17) is 4.42 Å². The highest BCUT2D eigenvalue weighted by Crippen LogP contribution is 2.20. The highest BCUT2D eigenvalue weighted by atomic mass is 79.9. The van der Waals surface area contributed by atoms with Crippen LogP contribution >= 0.6 is 15.9 Å². The van der Waals surface area contributed by atoms with Crippen molar-refractivity contribution < 1.29 is 4.42 Å². The molecule has 0 saturated carbocycles. The van der Waals surface area contributed by atoms with Crippen molar-refractivity contribution in [3.63, 3.8) is 0 Å². The fourth-order valence-electron chi connectivity index (χ4n) is 0.813. The summed E-state index contributed by atoms with van der Waals surface area (Å²) in [6.45, 7) is 0. The maximum atomic E-state index is 5.14. The van der Waals surface area contributed by atoms with Gasteiger partial charge in [-0.2, -0.15) is 4.80 Å². The Morgan fingerprint density at radius 3 is 2.92 bits per heavy atom. The van der Waals surface area contributed by atoms with Crippen LogP contribution < -0.4 is 0 Å². The SMILES string of the molecule is Cn1nnc(-c2cc(Br)co2)n1. The fourth-order valence-corrected chi connectivity index (χ4v) is 1.11. The molecule has 2 rings (SSSR count). The Hall–Kier alpha value is -1.17. The molecule has 12 heavy (non-hydrogen) atoms. The Morgan fingerprint density at radius 2 is 2.42 bits per heavy atom. The van der Waals surface area contributed by atoms with E-state index in [1.807, 2.05) is 0 Å². The van der Waals surface area contributed by atoms with Crippen LogP contribution in [-0.2, 0) is 7.05 Å². The second-order valence-corrected chi connectivity index (χ2v) is 3.15. The standard InChI is InChI=1S/C6H5BrN4O/c1-11-9-6(8-10-11)5-2-4(7)3-12-5/h2-3H,1H3. The molecule has 2 aromatic rings. The third-order valence-corrected chi connectivity index (χ3v) is 1.71. The summed E-state index contributed by atoms with van der Waals surface area (Å²) in [5.74, 6) is 1.10. The lowest BCUT2D eigenvalue weighted by Gasteiger charge is -1.82. The fraction of sp³-hybridized carbons (Fsp3) is 0.167. The van der Waals surface area contributed by atoms with Crippen LogP contribution in [0.5, 0.6) is 0 Å². The monoisotopic (exact) mass is 228 g/mol. The summed E-state index contributed by atoms with van der Waals surface area (Å²) in [7, 11) is 1.70. The Morgan fingerprint density at radius 1 is 1.58 bits per heavy atom. The zero-order valence-corrected chi connectivity index (χ0v) is 7.82. The minimum atomic E-state index is 0.489. The lowest BCUT2D eigenvalue weighted by molar-refractivity contribution is 0.574. The maximum Gasteiger partial charge on any atom is 0.240 e. The Labute approximate surface area is 76.5 Å². The first-order valence-corrected chi connectivity index (χ1v) is 4.03. The summed E-state index contributed by atoms with van der Waals surface area (Å²) in [5.41, 5.74) is 0.